The van der Waals surface area contributed by atoms with Gasteiger partial charge in [-0.2, -0.15) is 0 Å². The van der Waals surface area contributed by atoms with Gasteiger partial charge in [-0.3, -0.25) is 0 Å². The highest BCUT2D eigenvalue weighted by Gasteiger charge is 2.37. The largest absolute Gasteiger partial charge is 0.307 e. The second-order valence-corrected chi connectivity index (χ2v) is 8.03. The number of hydrogen-bond donors (Lipinski definition) is 1. The smallest absolute Gasteiger partial charge is 0.107 e. The number of aryl methyl sites for hydroxylation is 1. The van der Waals surface area contributed by atoms with Crippen LogP contribution in [0.4, 0.5) is 0 Å². The molecule has 2 rings (SSSR count). The summed E-state index contributed by atoms with van der Waals surface area (Å²) < 4.78 is 0. The predicted octanol–water partition coefficient (Wildman–Crippen LogP) is 4.39. The van der Waals surface area contributed by atoms with E-state index in [-0.39, 0.29) is 11.1 Å². The van der Waals surface area contributed by atoms with Crippen LogP contribution in [-0.2, 0) is 16.4 Å². The zero-order valence-electron chi connectivity index (χ0n) is 14.7. The number of nitrogens with one attached hydrogen (secondary N) is 1. The zero-order valence-corrected chi connectivity index (χ0v) is 14.7. The summed E-state index contributed by atoms with van der Waals surface area (Å²) in [6, 6.07) is 8.35. The molecule has 1 aliphatic heterocycles. The molecule has 0 bridgehead atoms. The lowest BCUT2D eigenvalue weighted by molar-refractivity contribution is -0.305. The zero-order chi connectivity index (χ0) is 16.2. The maximum Gasteiger partial charge on any atom is 0.107 e. The molecule has 0 atom stereocenters. The van der Waals surface area contributed by atoms with Gasteiger partial charge < -0.3 is 5.32 Å². The van der Waals surface area contributed by atoms with E-state index in [0.29, 0.717) is 19.1 Å². The van der Waals surface area contributed by atoms with E-state index in [1.165, 1.54) is 18.4 Å². The molecule has 1 aromatic rings. The van der Waals surface area contributed by atoms with Gasteiger partial charge in [0.15, 0.2) is 0 Å². The molecular formula is C19H31NO2. The first-order chi connectivity index (χ1) is 10.3. The average Bonchev–Trinajstić information content (AvgIpc) is 2.37. The van der Waals surface area contributed by atoms with Gasteiger partial charge in [0.05, 0.1) is 6.61 Å². The molecule has 1 heterocycles. The standard InChI is InChI=1S/C19H31NO2/c1-15-6-8-16(9-7-15)14-22-21-11-10-17-12-18(2,3)20-19(4,5)13-17/h6-9,17,20H,10-14H2,1-5H3. The van der Waals surface area contributed by atoms with E-state index in [1.807, 2.05) is 0 Å². The molecule has 0 aromatic heterocycles. The third-order valence-corrected chi connectivity index (χ3v) is 4.31. The summed E-state index contributed by atoms with van der Waals surface area (Å²) in [7, 11) is 0. The van der Waals surface area contributed by atoms with Crippen LogP contribution in [0.15, 0.2) is 24.3 Å². The molecule has 0 unspecified atom stereocenters. The number of hydrogen-bond acceptors (Lipinski definition) is 3. The molecule has 0 spiro atoms. The van der Waals surface area contributed by atoms with E-state index >= 15 is 0 Å². The van der Waals surface area contributed by atoms with Crippen molar-refractivity contribution >= 4 is 0 Å². The van der Waals surface area contributed by atoms with E-state index in [4.69, 9.17) is 9.78 Å². The van der Waals surface area contributed by atoms with Crippen LogP contribution in [0.1, 0.15) is 58.1 Å². The summed E-state index contributed by atoms with van der Waals surface area (Å²) in [5.41, 5.74) is 2.82. The van der Waals surface area contributed by atoms with Gasteiger partial charge in [0.25, 0.3) is 0 Å². The van der Waals surface area contributed by atoms with Gasteiger partial charge in [0.1, 0.15) is 6.61 Å². The minimum absolute atomic E-state index is 0.204. The third-order valence-electron chi connectivity index (χ3n) is 4.31. The molecule has 1 fully saturated rings. The van der Waals surface area contributed by atoms with E-state index in [1.54, 1.807) is 0 Å². The van der Waals surface area contributed by atoms with Crippen LogP contribution in [0, 0.1) is 12.8 Å². The van der Waals surface area contributed by atoms with Crippen LogP contribution in [0.2, 0.25) is 0 Å². The maximum atomic E-state index is 5.39. The summed E-state index contributed by atoms with van der Waals surface area (Å²) in [6.45, 7) is 12.4. The van der Waals surface area contributed by atoms with Crippen molar-refractivity contribution < 1.29 is 9.78 Å². The highest BCUT2D eigenvalue weighted by molar-refractivity contribution is 5.20. The fraction of sp³-hybridized carbons (Fsp3) is 0.684. The molecule has 3 nitrogen and oxygen atoms in total. The summed E-state index contributed by atoms with van der Waals surface area (Å²) in [6.07, 6.45) is 3.44. The Morgan fingerprint density at radius 3 is 2.18 bits per heavy atom. The summed E-state index contributed by atoms with van der Waals surface area (Å²) in [4.78, 5) is 10.7. The quantitative estimate of drug-likeness (QED) is 0.480. The van der Waals surface area contributed by atoms with E-state index in [2.05, 4.69) is 64.2 Å². The Labute approximate surface area is 135 Å². The third kappa shape index (κ3) is 5.71. The molecule has 0 amide bonds. The van der Waals surface area contributed by atoms with Crippen molar-refractivity contribution in [2.75, 3.05) is 6.61 Å². The van der Waals surface area contributed by atoms with Gasteiger partial charge in [0.2, 0.25) is 0 Å². The predicted molar refractivity (Wildman–Crippen MR) is 90.6 cm³/mol. The fourth-order valence-electron chi connectivity index (χ4n) is 3.81. The van der Waals surface area contributed by atoms with E-state index in [9.17, 15) is 0 Å². The lowest BCUT2D eigenvalue weighted by Gasteiger charge is -2.46. The normalized spacial score (nSPS) is 21.0. The Balaban J connectivity index is 1.67. The number of piperidine rings is 1. The van der Waals surface area contributed by atoms with E-state index < -0.39 is 0 Å². The lowest BCUT2D eigenvalue weighted by Crippen LogP contribution is -2.57. The Morgan fingerprint density at radius 1 is 1.00 bits per heavy atom. The topological polar surface area (TPSA) is 30.5 Å². The molecule has 0 aliphatic carbocycles. The Hall–Kier alpha value is -0.900. The molecule has 3 heteroatoms. The second-order valence-electron chi connectivity index (χ2n) is 8.03. The van der Waals surface area contributed by atoms with Crippen molar-refractivity contribution in [3.8, 4) is 0 Å². The van der Waals surface area contributed by atoms with Crippen molar-refractivity contribution in [3.05, 3.63) is 35.4 Å². The molecule has 1 N–H and O–H groups in total. The van der Waals surface area contributed by atoms with Gasteiger partial charge in [-0.05, 0) is 65.4 Å². The summed E-state index contributed by atoms with van der Waals surface area (Å²) in [5.74, 6) is 0.689. The monoisotopic (exact) mass is 305 g/mol. The second kappa shape index (κ2) is 7.12. The first kappa shape index (κ1) is 17.5. The van der Waals surface area contributed by atoms with Crippen LogP contribution in [0.25, 0.3) is 0 Å². The Morgan fingerprint density at radius 2 is 1.59 bits per heavy atom. The first-order valence-corrected chi connectivity index (χ1v) is 8.35. The van der Waals surface area contributed by atoms with Crippen LogP contribution in [-0.4, -0.2) is 17.7 Å². The van der Waals surface area contributed by atoms with Gasteiger partial charge >= 0.3 is 0 Å². The van der Waals surface area contributed by atoms with Crippen molar-refractivity contribution in [2.24, 2.45) is 5.92 Å². The van der Waals surface area contributed by atoms with E-state index in [0.717, 1.165) is 12.0 Å². The molecule has 22 heavy (non-hydrogen) atoms. The van der Waals surface area contributed by atoms with Crippen LogP contribution >= 0.6 is 0 Å². The molecule has 0 radical (unpaired) electrons. The number of rotatable bonds is 6. The van der Waals surface area contributed by atoms with Crippen molar-refractivity contribution in [1.29, 1.82) is 0 Å². The molecule has 124 valence electrons. The Kier molecular flexibility index (Phi) is 5.65. The van der Waals surface area contributed by atoms with Gasteiger partial charge in [-0.1, -0.05) is 29.8 Å². The fourth-order valence-corrected chi connectivity index (χ4v) is 3.81. The van der Waals surface area contributed by atoms with Crippen LogP contribution in [0.5, 0.6) is 0 Å². The Bertz CT molecular complexity index is 449. The summed E-state index contributed by atoms with van der Waals surface area (Å²) >= 11 is 0. The molecule has 0 saturated carbocycles. The van der Waals surface area contributed by atoms with Gasteiger partial charge in [-0.25, -0.2) is 9.78 Å². The highest BCUT2D eigenvalue weighted by Crippen LogP contribution is 2.34. The number of benzene rings is 1. The summed E-state index contributed by atoms with van der Waals surface area (Å²) in [5, 5.41) is 3.72. The van der Waals surface area contributed by atoms with Crippen molar-refractivity contribution in [3.63, 3.8) is 0 Å². The SMILES string of the molecule is Cc1ccc(COOCCC2CC(C)(C)NC(C)(C)C2)cc1. The molecule has 1 saturated heterocycles. The molecule has 1 aliphatic rings. The van der Waals surface area contributed by atoms with Gasteiger partial charge in [0, 0.05) is 11.1 Å². The minimum atomic E-state index is 0.204. The highest BCUT2D eigenvalue weighted by atomic mass is 17.2. The van der Waals surface area contributed by atoms with Crippen LogP contribution in [0.3, 0.4) is 0 Å². The van der Waals surface area contributed by atoms with Crippen molar-refractivity contribution in [2.45, 2.75) is 71.6 Å². The molecule has 1 aromatic carbocycles. The molecular weight excluding hydrogens is 274 g/mol. The average molecular weight is 305 g/mol. The minimum Gasteiger partial charge on any atom is -0.307 e. The maximum absolute atomic E-state index is 5.39. The van der Waals surface area contributed by atoms with Gasteiger partial charge in [-0.15, -0.1) is 0 Å². The first-order valence-electron chi connectivity index (χ1n) is 8.35. The van der Waals surface area contributed by atoms with Crippen molar-refractivity contribution in [1.82, 2.24) is 5.32 Å². The van der Waals surface area contributed by atoms with Crippen LogP contribution < -0.4 is 5.32 Å². The lowest BCUT2D eigenvalue weighted by atomic mass is 9.75.